The molecule has 0 aliphatic heterocycles. The van der Waals surface area contributed by atoms with E-state index < -0.39 is 19.8 Å². The molecule has 0 unspecified atom stereocenters. The number of rotatable bonds is 3. The Morgan fingerprint density at radius 3 is 0.471 bits per heavy atom. The molecule has 0 fully saturated rings. The molecule has 0 saturated heterocycles. The molecule has 0 bridgehead atoms. The van der Waals surface area contributed by atoms with Crippen molar-refractivity contribution in [3.05, 3.63) is 75.3 Å². The van der Waals surface area contributed by atoms with Crippen molar-refractivity contribution in [3.8, 4) is 0 Å². The van der Waals surface area contributed by atoms with Gasteiger partial charge in [-0.15, -0.1) is 0 Å². The molecule has 0 amide bonds. The first-order valence-electron chi connectivity index (χ1n) is 8.08. The standard InChI is InChI=1S/3C6Cl5.Sn/c3*7-2-1-3(8)5(10)6(11)4(2)9;. The van der Waals surface area contributed by atoms with Gasteiger partial charge in [-0.1, -0.05) is 0 Å². The first kappa shape index (κ1) is 31.3. The van der Waals surface area contributed by atoms with Crippen molar-refractivity contribution in [2.24, 2.45) is 0 Å². The summed E-state index contributed by atoms with van der Waals surface area (Å²) in [6.07, 6.45) is 0. The van der Waals surface area contributed by atoms with Gasteiger partial charge in [0, 0.05) is 0 Å². The molecule has 0 N–H and O–H groups in total. The van der Waals surface area contributed by atoms with E-state index in [1.807, 2.05) is 0 Å². The van der Waals surface area contributed by atoms with Crippen molar-refractivity contribution in [1.29, 1.82) is 0 Å². The van der Waals surface area contributed by atoms with Crippen molar-refractivity contribution in [2.75, 3.05) is 0 Å². The van der Waals surface area contributed by atoms with E-state index in [-0.39, 0.29) is 86.1 Å². The number of benzene rings is 3. The van der Waals surface area contributed by atoms with Gasteiger partial charge in [0.25, 0.3) is 0 Å². The van der Waals surface area contributed by atoms with Gasteiger partial charge in [0.15, 0.2) is 0 Å². The van der Waals surface area contributed by atoms with E-state index in [1.54, 1.807) is 0 Å². The van der Waals surface area contributed by atoms with Gasteiger partial charge in [-0.2, -0.15) is 0 Å². The molecular formula is C18Cl15Sn. The van der Waals surface area contributed by atoms with Crippen LogP contribution in [0.3, 0.4) is 0 Å². The van der Waals surface area contributed by atoms with Crippen molar-refractivity contribution < 1.29 is 0 Å². The maximum atomic E-state index is 6.63. The molecule has 0 saturated carbocycles. The minimum absolute atomic E-state index is 0.0425. The summed E-state index contributed by atoms with van der Waals surface area (Å²) in [5.74, 6) is 0. The molecule has 181 valence electrons. The van der Waals surface area contributed by atoms with Crippen molar-refractivity contribution >= 4 is 205 Å². The van der Waals surface area contributed by atoms with Crippen LogP contribution < -0.4 is 10.7 Å². The molecule has 16 heteroatoms. The molecule has 0 spiro atoms. The van der Waals surface area contributed by atoms with Crippen LogP contribution in [0.4, 0.5) is 0 Å². The Morgan fingerprint density at radius 1 is 0.206 bits per heavy atom. The molecular weight excluding hydrogens is 867 g/mol. The Labute approximate surface area is 276 Å². The third-order valence-corrected chi connectivity index (χ3v) is 22.5. The first-order valence-corrected chi connectivity index (χ1v) is 18.0. The van der Waals surface area contributed by atoms with Gasteiger partial charge < -0.3 is 0 Å². The van der Waals surface area contributed by atoms with Gasteiger partial charge in [0.1, 0.15) is 0 Å². The molecule has 0 nitrogen and oxygen atoms in total. The Bertz CT molecular complexity index is 1110. The fraction of sp³-hybridized carbons (Fsp3) is 0. The fourth-order valence-electron chi connectivity index (χ4n) is 2.85. The first-order chi connectivity index (χ1) is 15.7. The van der Waals surface area contributed by atoms with E-state index in [1.165, 1.54) is 0 Å². The summed E-state index contributed by atoms with van der Waals surface area (Å²) in [7, 11) is 0. The third kappa shape index (κ3) is 5.28. The Kier molecular flexibility index (Phi) is 11.2. The zero-order valence-electron chi connectivity index (χ0n) is 15.2. The summed E-state index contributed by atoms with van der Waals surface area (Å²) in [6.45, 7) is 0. The van der Waals surface area contributed by atoms with Gasteiger partial charge >= 0.3 is 280 Å². The van der Waals surface area contributed by atoms with E-state index in [0.717, 1.165) is 0 Å². The summed E-state index contributed by atoms with van der Waals surface area (Å²) in [4.78, 5) is 0. The van der Waals surface area contributed by atoms with Crippen molar-refractivity contribution in [1.82, 2.24) is 0 Å². The van der Waals surface area contributed by atoms with Gasteiger partial charge in [0.2, 0.25) is 0 Å². The number of hydrogen-bond donors (Lipinski definition) is 0. The summed E-state index contributed by atoms with van der Waals surface area (Å²) in [6, 6.07) is 0. The van der Waals surface area contributed by atoms with Gasteiger partial charge in [0.05, 0.1) is 0 Å². The quantitative estimate of drug-likeness (QED) is 0.140. The second kappa shape index (κ2) is 12.1. The fourth-order valence-corrected chi connectivity index (χ4v) is 19.5. The molecule has 34 heavy (non-hydrogen) atoms. The summed E-state index contributed by atoms with van der Waals surface area (Å²) >= 11 is 92.5. The molecule has 1 radical (unpaired) electrons. The average molecular weight is 867 g/mol. The Balaban J connectivity index is 2.68. The van der Waals surface area contributed by atoms with E-state index in [0.29, 0.717) is 0 Å². The second-order valence-electron chi connectivity index (χ2n) is 6.21. The molecule has 0 aliphatic rings. The van der Waals surface area contributed by atoms with Crippen LogP contribution >= 0.6 is 174 Å². The maximum absolute atomic E-state index is 6.63. The predicted octanol–water partition coefficient (Wildman–Crippen LogP) is 12.0. The van der Waals surface area contributed by atoms with Crippen LogP contribution in [0.5, 0.6) is 0 Å². The van der Waals surface area contributed by atoms with Crippen LogP contribution in [0.25, 0.3) is 0 Å². The molecule has 0 aliphatic carbocycles. The number of halogens is 15. The van der Waals surface area contributed by atoms with Crippen molar-refractivity contribution in [2.45, 2.75) is 0 Å². The van der Waals surface area contributed by atoms with Crippen molar-refractivity contribution in [3.63, 3.8) is 0 Å². The van der Waals surface area contributed by atoms with Gasteiger partial charge in [-0.05, 0) is 0 Å². The van der Waals surface area contributed by atoms with Crippen LogP contribution in [0.15, 0.2) is 0 Å². The molecule has 0 heterocycles. The molecule has 3 rings (SSSR count). The Morgan fingerprint density at radius 2 is 0.324 bits per heavy atom. The monoisotopic (exact) mass is 860 g/mol. The van der Waals surface area contributed by atoms with E-state index in [4.69, 9.17) is 174 Å². The summed E-state index contributed by atoms with van der Waals surface area (Å²) < 4.78 is 0.713. The molecule has 0 atom stereocenters. The number of hydrogen-bond acceptors (Lipinski definition) is 0. The minimum atomic E-state index is -4.08. The van der Waals surface area contributed by atoms with Gasteiger partial charge in [-0.25, -0.2) is 0 Å². The molecule has 0 aromatic heterocycles. The Hall–Kier alpha value is 2.81. The van der Waals surface area contributed by atoms with Crippen LogP contribution in [0.1, 0.15) is 0 Å². The molecule has 3 aromatic carbocycles. The van der Waals surface area contributed by atoms with Crippen LogP contribution in [-0.4, -0.2) is 19.8 Å². The average Bonchev–Trinajstić information content (AvgIpc) is 2.81. The zero-order valence-corrected chi connectivity index (χ0v) is 29.4. The SMILES string of the molecule is Clc1c(Cl)c(Cl)[c]([Sn]([c]2c(Cl)c(Cl)c(Cl)c(Cl)c2Cl)[c]2c(Cl)c(Cl)c(Cl)c(Cl)c2Cl)c(Cl)c1Cl. The van der Waals surface area contributed by atoms with Crippen LogP contribution in [0.2, 0.25) is 75.3 Å². The van der Waals surface area contributed by atoms with E-state index in [2.05, 4.69) is 0 Å². The predicted molar refractivity (Wildman–Crippen MR) is 159 cm³/mol. The normalized spacial score (nSPS) is 11.6. The van der Waals surface area contributed by atoms with Crippen LogP contribution in [0, 0.1) is 0 Å². The second-order valence-corrected chi connectivity index (χ2v) is 18.3. The summed E-state index contributed by atoms with van der Waals surface area (Å²) in [5, 5.41) is -0.953. The van der Waals surface area contributed by atoms with Gasteiger partial charge in [-0.3, -0.25) is 0 Å². The van der Waals surface area contributed by atoms with E-state index in [9.17, 15) is 0 Å². The molecule has 3 aromatic rings. The third-order valence-electron chi connectivity index (χ3n) is 4.38. The summed E-state index contributed by atoms with van der Waals surface area (Å²) in [5.41, 5.74) is 0. The van der Waals surface area contributed by atoms with Crippen LogP contribution in [-0.2, 0) is 0 Å². The van der Waals surface area contributed by atoms with E-state index >= 15 is 0 Å². The zero-order chi connectivity index (χ0) is 26.0. The topological polar surface area (TPSA) is 0 Å².